The number of carbonyl (C=O) groups is 1. The molecule has 0 bridgehead atoms. The molecule has 3 nitrogen and oxygen atoms in total. The van der Waals surface area contributed by atoms with E-state index in [1.54, 1.807) is 0 Å². The Morgan fingerprint density at radius 3 is 2.60 bits per heavy atom. The van der Waals surface area contributed by atoms with Crippen molar-refractivity contribution >= 4 is 18.2 Å². The Morgan fingerprint density at radius 2 is 2.20 bits per heavy atom. The van der Waals surface area contributed by atoms with Crippen LogP contribution in [0.4, 0.5) is 0 Å². The first kappa shape index (κ1) is 9.01. The van der Waals surface area contributed by atoms with Crippen molar-refractivity contribution in [2.45, 2.75) is 19.8 Å². The van der Waals surface area contributed by atoms with Gasteiger partial charge in [0.05, 0.1) is 6.21 Å². The SMILES string of the molecule is CC(CC=N)CC(=O)C=N. The summed E-state index contributed by atoms with van der Waals surface area (Å²) in [6.07, 6.45) is 3.14. The number of rotatable bonds is 5. The molecule has 0 saturated carbocycles. The lowest BCUT2D eigenvalue weighted by Crippen LogP contribution is -2.05. The molecule has 56 valence electrons. The number of hydrogen-bond acceptors (Lipinski definition) is 3. The summed E-state index contributed by atoms with van der Waals surface area (Å²) in [6.45, 7) is 1.90. The molecule has 0 radical (unpaired) electrons. The van der Waals surface area contributed by atoms with Crippen molar-refractivity contribution in [2.75, 3.05) is 0 Å². The van der Waals surface area contributed by atoms with Crippen LogP contribution in [0.25, 0.3) is 0 Å². The van der Waals surface area contributed by atoms with Crippen LogP contribution in [0.15, 0.2) is 0 Å². The third-order valence-corrected chi connectivity index (χ3v) is 1.23. The van der Waals surface area contributed by atoms with Gasteiger partial charge in [0.2, 0.25) is 0 Å². The van der Waals surface area contributed by atoms with E-state index in [0.29, 0.717) is 12.8 Å². The van der Waals surface area contributed by atoms with Crippen molar-refractivity contribution in [3.63, 3.8) is 0 Å². The maximum absolute atomic E-state index is 10.6. The Balaban J connectivity index is 3.55. The summed E-state index contributed by atoms with van der Waals surface area (Å²) in [6, 6.07) is 0. The normalized spacial score (nSPS) is 12.1. The summed E-state index contributed by atoms with van der Waals surface area (Å²) in [7, 11) is 0. The van der Waals surface area contributed by atoms with E-state index >= 15 is 0 Å². The summed E-state index contributed by atoms with van der Waals surface area (Å²) in [4.78, 5) is 10.6. The standard InChI is InChI=1S/C7H12N2O/c1-6(2-3-8)4-7(10)5-9/h3,5-6,8-9H,2,4H2,1H3. The lowest BCUT2D eigenvalue weighted by Gasteiger charge is -2.02. The molecular weight excluding hydrogens is 128 g/mol. The van der Waals surface area contributed by atoms with Crippen LogP contribution in [0, 0.1) is 16.7 Å². The third-order valence-electron chi connectivity index (χ3n) is 1.23. The molecule has 0 aromatic carbocycles. The lowest BCUT2D eigenvalue weighted by atomic mass is 10.0. The highest BCUT2D eigenvalue weighted by Crippen LogP contribution is 2.04. The highest BCUT2D eigenvalue weighted by molar-refractivity contribution is 6.26. The van der Waals surface area contributed by atoms with Crippen molar-refractivity contribution in [1.29, 1.82) is 10.8 Å². The molecule has 0 rings (SSSR count). The molecule has 0 aliphatic rings. The number of ketones is 1. The molecule has 1 unspecified atom stereocenters. The molecule has 0 aliphatic heterocycles. The maximum Gasteiger partial charge on any atom is 0.173 e. The zero-order valence-electron chi connectivity index (χ0n) is 6.05. The van der Waals surface area contributed by atoms with Gasteiger partial charge in [0.25, 0.3) is 0 Å². The van der Waals surface area contributed by atoms with Gasteiger partial charge in [-0.15, -0.1) is 0 Å². The lowest BCUT2D eigenvalue weighted by molar-refractivity contribution is -0.113. The molecule has 0 aromatic rings. The summed E-state index contributed by atoms with van der Waals surface area (Å²) >= 11 is 0. The van der Waals surface area contributed by atoms with Gasteiger partial charge in [-0.2, -0.15) is 0 Å². The van der Waals surface area contributed by atoms with Crippen LogP contribution < -0.4 is 0 Å². The number of nitrogens with one attached hydrogen (secondary N) is 2. The van der Waals surface area contributed by atoms with Gasteiger partial charge in [0.1, 0.15) is 0 Å². The highest BCUT2D eigenvalue weighted by atomic mass is 16.1. The van der Waals surface area contributed by atoms with Crippen LogP contribution in [-0.2, 0) is 4.79 Å². The smallest absolute Gasteiger partial charge is 0.173 e. The summed E-state index contributed by atoms with van der Waals surface area (Å²) in [5.74, 6) is 0.0425. The maximum atomic E-state index is 10.6. The summed E-state index contributed by atoms with van der Waals surface area (Å²) in [5.41, 5.74) is 0. The second-order valence-corrected chi connectivity index (χ2v) is 2.36. The van der Waals surface area contributed by atoms with Crippen LogP contribution in [0.3, 0.4) is 0 Å². The second-order valence-electron chi connectivity index (χ2n) is 2.36. The van der Waals surface area contributed by atoms with Gasteiger partial charge in [-0.1, -0.05) is 6.92 Å². The molecule has 0 heterocycles. The van der Waals surface area contributed by atoms with Crippen molar-refractivity contribution < 1.29 is 4.79 Å². The van der Waals surface area contributed by atoms with Gasteiger partial charge in [0.15, 0.2) is 5.78 Å². The molecule has 0 amide bonds. The fourth-order valence-electron chi connectivity index (χ4n) is 0.687. The minimum atomic E-state index is -0.158. The van der Waals surface area contributed by atoms with Crippen LogP contribution >= 0.6 is 0 Å². The largest absolute Gasteiger partial charge is 0.313 e. The molecular formula is C7H12N2O. The van der Waals surface area contributed by atoms with Crippen LogP contribution in [0.1, 0.15) is 19.8 Å². The molecule has 3 heteroatoms. The molecule has 2 N–H and O–H groups in total. The molecule has 0 aliphatic carbocycles. The molecule has 0 spiro atoms. The Kier molecular flexibility index (Phi) is 4.37. The van der Waals surface area contributed by atoms with E-state index in [1.807, 2.05) is 6.92 Å². The first-order chi connectivity index (χ1) is 4.70. The van der Waals surface area contributed by atoms with Crippen molar-refractivity contribution in [1.82, 2.24) is 0 Å². The van der Waals surface area contributed by atoms with Gasteiger partial charge in [0, 0.05) is 6.42 Å². The van der Waals surface area contributed by atoms with Crippen molar-refractivity contribution in [3.8, 4) is 0 Å². The Hall–Kier alpha value is -0.990. The van der Waals surface area contributed by atoms with E-state index < -0.39 is 0 Å². The van der Waals surface area contributed by atoms with Crippen LogP contribution in [-0.4, -0.2) is 18.2 Å². The molecule has 0 aromatic heterocycles. The minimum absolute atomic E-state index is 0.158. The van der Waals surface area contributed by atoms with E-state index in [0.717, 1.165) is 6.21 Å². The van der Waals surface area contributed by atoms with Gasteiger partial charge < -0.3 is 10.8 Å². The average Bonchev–Trinajstić information content (AvgIpc) is 1.88. The summed E-state index contributed by atoms with van der Waals surface area (Å²) < 4.78 is 0. The fraction of sp³-hybridized carbons (Fsp3) is 0.571. The third kappa shape index (κ3) is 3.95. The van der Waals surface area contributed by atoms with Crippen LogP contribution in [0.2, 0.25) is 0 Å². The zero-order valence-corrected chi connectivity index (χ0v) is 6.05. The summed E-state index contributed by atoms with van der Waals surface area (Å²) in [5, 5.41) is 13.3. The van der Waals surface area contributed by atoms with E-state index in [-0.39, 0.29) is 11.7 Å². The first-order valence-electron chi connectivity index (χ1n) is 3.23. The van der Waals surface area contributed by atoms with E-state index in [4.69, 9.17) is 10.8 Å². The minimum Gasteiger partial charge on any atom is -0.313 e. The number of Topliss-reactive ketones (excluding diaryl/α,β-unsaturated/α-hetero) is 1. The Bertz CT molecular complexity index is 143. The Labute approximate surface area is 60.5 Å². The van der Waals surface area contributed by atoms with Crippen molar-refractivity contribution in [2.24, 2.45) is 5.92 Å². The topological polar surface area (TPSA) is 64.8 Å². The van der Waals surface area contributed by atoms with Gasteiger partial charge in [-0.05, 0) is 18.6 Å². The van der Waals surface area contributed by atoms with E-state index in [2.05, 4.69) is 0 Å². The van der Waals surface area contributed by atoms with Crippen LogP contribution in [0.5, 0.6) is 0 Å². The van der Waals surface area contributed by atoms with Crippen molar-refractivity contribution in [3.05, 3.63) is 0 Å². The van der Waals surface area contributed by atoms with E-state index in [9.17, 15) is 4.79 Å². The first-order valence-corrected chi connectivity index (χ1v) is 3.23. The van der Waals surface area contributed by atoms with Gasteiger partial charge >= 0.3 is 0 Å². The fourth-order valence-corrected chi connectivity index (χ4v) is 0.687. The van der Waals surface area contributed by atoms with E-state index in [1.165, 1.54) is 6.21 Å². The molecule has 0 fully saturated rings. The second kappa shape index (κ2) is 4.85. The molecule has 1 atom stereocenters. The highest BCUT2D eigenvalue weighted by Gasteiger charge is 2.04. The number of hydrogen-bond donors (Lipinski definition) is 2. The monoisotopic (exact) mass is 140 g/mol. The molecule has 10 heavy (non-hydrogen) atoms. The predicted molar refractivity (Wildman–Crippen MR) is 41.0 cm³/mol. The Morgan fingerprint density at radius 1 is 1.60 bits per heavy atom. The average molecular weight is 140 g/mol. The zero-order chi connectivity index (χ0) is 7.98. The van der Waals surface area contributed by atoms with Gasteiger partial charge in [-0.3, -0.25) is 4.79 Å². The number of carbonyl (C=O) groups excluding carboxylic acids is 1. The van der Waals surface area contributed by atoms with Gasteiger partial charge in [-0.25, -0.2) is 0 Å². The predicted octanol–water partition coefficient (Wildman–Crippen LogP) is 1.27. The molecule has 0 saturated heterocycles. The quantitative estimate of drug-likeness (QED) is 0.555.